The van der Waals surface area contributed by atoms with E-state index in [-0.39, 0.29) is 18.4 Å². The lowest BCUT2D eigenvalue weighted by atomic mass is 10.3. The molecule has 0 saturated carbocycles. The first-order chi connectivity index (χ1) is 7.74. The van der Waals surface area contributed by atoms with Gasteiger partial charge in [-0.05, 0) is 0 Å². The third kappa shape index (κ3) is 4.59. The van der Waals surface area contributed by atoms with Gasteiger partial charge in [0.15, 0.2) is 0 Å². The summed E-state index contributed by atoms with van der Waals surface area (Å²) < 4.78 is 9.61. The van der Waals surface area contributed by atoms with Crippen LogP contribution in [0.5, 0.6) is 0 Å². The van der Waals surface area contributed by atoms with E-state index in [1.165, 1.54) is 7.11 Å². The number of carbonyl (C=O) groups is 2. The maximum atomic E-state index is 11.6. The number of rotatable bonds is 5. The zero-order valence-electron chi connectivity index (χ0n) is 9.53. The van der Waals surface area contributed by atoms with E-state index in [2.05, 4.69) is 10.1 Å². The van der Waals surface area contributed by atoms with Crippen LogP contribution in [-0.4, -0.2) is 63.3 Å². The van der Waals surface area contributed by atoms with Gasteiger partial charge < -0.3 is 19.7 Å². The minimum Gasteiger partial charge on any atom is -0.468 e. The minimum absolute atomic E-state index is 0.0978. The molecule has 1 rings (SSSR count). The van der Waals surface area contributed by atoms with Crippen molar-refractivity contribution in [1.29, 1.82) is 0 Å². The van der Waals surface area contributed by atoms with E-state index in [0.29, 0.717) is 39.3 Å². The molecule has 0 unspecified atom stereocenters. The maximum absolute atomic E-state index is 11.6. The van der Waals surface area contributed by atoms with Crippen LogP contribution in [0.3, 0.4) is 0 Å². The van der Waals surface area contributed by atoms with Crippen molar-refractivity contribution in [2.45, 2.75) is 6.42 Å². The van der Waals surface area contributed by atoms with Crippen molar-refractivity contribution in [2.24, 2.45) is 0 Å². The monoisotopic (exact) mass is 230 g/mol. The molecule has 6 nitrogen and oxygen atoms in total. The number of nitrogens with one attached hydrogen (secondary N) is 1. The minimum atomic E-state index is -0.321. The summed E-state index contributed by atoms with van der Waals surface area (Å²) in [5.74, 6) is -0.223. The van der Waals surface area contributed by atoms with Crippen molar-refractivity contribution in [3.8, 4) is 0 Å². The van der Waals surface area contributed by atoms with E-state index in [0.717, 1.165) is 0 Å². The summed E-state index contributed by atoms with van der Waals surface area (Å²) in [7, 11) is 1.34. The van der Waals surface area contributed by atoms with Crippen molar-refractivity contribution < 1.29 is 19.1 Å². The Morgan fingerprint density at radius 1 is 1.38 bits per heavy atom. The predicted octanol–water partition coefficient (Wildman–Crippen LogP) is -1.00. The highest BCUT2D eigenvalue weighted by molar-refractivity contribution is 5.76. The van der Waals surface area contributed by atoms with E-state index in [1.807, 2.05) is 0 Å². The highest BCUT2D eigenvalue weighted by Gasteiger charge is 2.15. The topological polar surface area (TPSA) is 67.9 Å². The first-order valence-electron chi connectivity index (χ1n) is 5.37. The molecule has 92 valence electrons. The van der Waals surface area contributed by atoms with Crippen LogP contribution in [0.1, 0.15) is 6.42 Å². The molecular formula is C10H18N2O4. The van der Waals surface area contributed by atoms with Crippen LogP contribution < -0.4 is 5.32 Å². The first kappa shape index (κ1) is 12.9. The number of carbonyl (C=O) groups excluding carboxylic acids is 2. The number of esters is 1. The Balaban J connectivity index is 2.07. The van der Waals surface area contributed by atoms with Gasteiger partial charge in [-0.2, -0.15) is 0 Å². The van der Waals surface area contributed by atoms with Gasteiger partial charge in [0.2, 0.25) is 5.91 Å². The maximum Gasteiger partial charge on any atom is 0.319 e. The summed E-state index contributed by atoms with van der Waals surface area (Å²) in [4.78, 5) is 24.2. The number of ether oxygens (including phenoxy) is 2. The molecular weight excluding hydrogens is 212 g/mol. The normalized spacial score (nSPS) is 15.9. The molecule has 0 aromatic rings. The molecule has 1 heterocycles. The summed E-state index contributed by atoms with van der Waals surface area (Å²) in [6.45, 7) is 3.19. The fourth-order valence-electron chi connectivity index (χ4n) is 1.43. The van der Waals surface area contributed by atoms with E-state index < -0.39 is 0 Å². The van der Waals surface area contributed by atoms with Crippen LogP contribution >= 0.6 is 0 Å². The van der Waals surface area contributed by atoms with Gasteiger partial charge in [-0.3, -0.25) is 9.59 Å². The predicted molar refractivity (Wildman–Crippen MR) is 56.9 cm³/mol. The van der Waals surface area contributed by atoms with Gasteiger partial charge in [0.1, 0.15) is 0 Å². The Kier molecular flexibility index (Phi) is 5.81. The van der Waals surface area contributed by atoms with Gasteiger partial charge in [-0.25, -0.2) is 0 Å². The Morgan fingerprint density at radius 3 is 2.69 bits per heavy atom. The van der Waals surface area contributed by atoms with Gasteiger partial charge in [-0.1, -0.05) is 0 Å². The summed E-state index contributed by atoms with van der Waals surface area (Å²) in [6.07, 6.45) is 0.400. The quantitative estimate of drug-likeness (QED) is 0.484. The Labute approximate surface area is 94.9 Å². The van der Waals surface area contributed by atoms with Gasteiger partial charge in [-0.15, -0.1) is 0 Å². The Morgan fingerprint density at radius 2 is 2.06 bits per heavy atom. The lowest BCUT2D eigenvalue weighted by Crippen LogP contribution is -2.41. The Bertz CT molecular complexity index is 239. The van der Waals surface area contributed by atoms with E-state index in [4.69, 9.17) is 4.74 Å². The van der Waals surface area contributed by atoms with E-state index >= 15 is 0 Å². The summed E-state index contributed by atoms with van der Waals surface area (Å²) in [5, 5.41) is 2.85. The number of nitrogens with zero attached hydrogens (tertiary/aromatic N) is 1. The molecule has 1 aliphatic heterocycles. The van der Waals surface area contributed by atoms with Crippen LogP contribution in [-0.2, 0) is 19.1 Å². The highest BCUT2D eigenvalue weighted by Crippen LogP contribution is 1.99. The van der Waals surface area contributed by atoms with Crippen LogP contribution in [0.4, 0.5) is 0 Å². The van der Waals surface area contributed by atoms with Crippen molar-refractivity contribution in [3.05, 3.63) is 0 Å². The lowest BCUT2D eigenvalue weighted by Gasteiger charge is -2.26. The molecule has 0 aromatic carbocycles. The molecule has 1 fully saturated rings. The highest BCUT2D eigenvalue weighted by atomic mass is 16.5. The standard InChI is InChI=1S/C10H18N2O4/c1-15-10(14)8-11-3-2-9(13)12-4-6-16-7-5-12/h11H,2-8H2,1H3. The molecule has 1 amide bonds. The fourth-order valence-corrected chi connectivity index (χ4v) is 1.43. The van der Waals surface area contributed by atoms with Crippen molar-refractivity contribution >= 4 is 11.9 Å². The second-order valence-electron chi connectivity index (χ2n) is 3.50. The molecule has 1 saturated heterocycles. The van der Waals surface area contributed by atoms with Gasteiger partial charge in [0.05, 0.1) is 26.9 Å². The van der Waals surface area contributed by atoms with Gasteiger partial charge in [0.25, 0.3) is 0 Å². The van der Waals surface area contributed by atoms with Gasteiger partial charge in [0, 0.05) is 26.1 Å². The average Bonchev–Trinajstić information content (AvgIpc) is 2.35. The number of amides is 1. The van der Waals surface area contributed by atoms with Crippen molar-refractivity contribution in [3.63, 3.8) is 0 Å². The third-order valence-electron chi connectivity index (χ3n) is 2.38. The molecule has 16 heavy (non-hydrogen) atoms. The van der Waals surface area contributed by atoms with E-state index in [1.54, 1.807) is 4.90 Å². The SMILES string of the molecule is COC(=O)CNCCC(=O)N1CCOCC1. The third-order valence-corrected chi connectivity index (χ3v) is 2.38. The molecule has 0 bridgehead atoms. The molecule has 1 N–H and O–H groups in total. The van der Waals surface area contributed by atoms with Crippen LogP contribution in [0.15, 0.2) is 0 Å². The smallest absolute Gasteiger partial charge is 0.319 e. The molecule has 0 aliphatic carbocycles. The molecule has 0 aromatic heterocycles. The Hall–Kier alpha value is -1.14. The van der Waals surface area contributed by atoms with Crippen molar-refractivity contribution in [1.82, 2.24) is 10.2 Å². The summed E-state index contributed by atoms with van der Waals surface area (Å²) >= 11 is 0. The molecule has 0 spiro atoms. The van der Waals surface area contributed by atoms with Crippen molar-refractivity contribution in [2.75, 3.05) is 46.5 Å². The van der Waals surface area contributed by atoms with Gasteiger partial charge >= 0.3 is 5.97 Å². The molecule has 6 heteroatoms. The second kappa shape index (κ2) is 7.19. The molecule has 1 aliphatic rings. The fraction of sp³-hybridized carbons (Fsp3) is 0.800. The second-order valence-corrected chi connectivity index (χ2v) is 3.50. The van der Waals surface area contributed by atoms with Crippen LogP contribution in [0.25, 0.3) is 0 Å². The number of hydrogen-bond acceptors (Lipinski definition) is 5. The largest absolute Gasteiger partial charge is 0.468 e. The molecule has 0 radical (unpaired) electrons. The zero-order valence-corrected chi connectivity index (χ0v) is 9.53. The average molecular weight is 230 g/mol. The number of methoxy groups -OCH3 is 1. The summed E-state index contributed by atoms with van der Waals surface area (Å²) in [6, 6.07) is 0. The number of hydrogen-bond donors (Lipinski definition) is 1. The number of morpholine rings is 1. The van der Waals surface area contributed by atoms with Crippen LogP contribution in [0, 0.1) is 0 Å². The first-order valence-corrected chi connectivity index (χ1v) is 5.37. The van der Waals surface area contributed by atoms with Crippen LogP contribution in [0.2, 0.25) is 0 Å². The molecule has 0 atom stereocenters. The van der Waals surface area contributed by atoms with E-state index in [9.17, 15) is 9.59 Å². The lowest BCUT2D eigenvalue weighted by molar-refractivity contribution is -0.140. The zero-order chi connectivity index (χ0) is 11.8. The summed E-state index contributed by atoms with van der Waals surface area (Å²) in [5.41, 5.74) is 0.